The Morgan fingerprint density at radius 3 is 2.48 bits per heavy atom. The molecule has 1 N–H and O–H groups in total. The third-order valence-electron chi connectivity index (χ3n) is 6.26. The Morgan fingerprint density at radius 1 is 1.06 bits per heavy atom. The standard InChI is InChI=1S/C26H33ClN2O2/c1-18-13-14-19(2)22(15-18)16-25(30)29(17-21-9-7-8-12-24(21)27)20(3)26(31)28-23-10-5-4-6-11-23/h7-9,12-15,20,23H,4-6,10-11,16-17H2,1-3H3,(H,28,31)/t20-/m0/s1. The van der Waals surface area contributed by atoms with Crippen LogP contribution < -0.4 is 5.32 Å². The maximum Gasteiger partial charge on any atom is 0.242 e. The average molecular weight is 441 g/mol. The predicted molar refractivity (Wildman–Crippen MR) is 126 cm³/mol. The largest absolute Gasteiger partial charge is 0.352 e. The molecule has 0 heterocycles. The Bertz CT molecular complexity index is 921. The van der Waals surface area contributed by atoms with Crippen LogP contribution in [0.25, 0.3) is 0 Å². The van der Waals surface area contributed by atoms with Crippen LogP contribution in [0.2, 0.25) is 5.02 Å². The van der Waals surface area contributed by atoms with E-state index in [4.69, 9.17) is 11.6 Å². The van der Waals surface area contributed by atoms with E-state index in [1.54, 1.807) is 4.90 Å². The van der Waals surface area contributed by atoms with Crippen LogP contribution in [0.5, 0.6) is 0 Å². The molecule has 0 aliphatic heterocycles. The highest BCUT2D eigenvalue weighted by atomic mass is 35.5. The van der Waals surface area contributed by atoms with Crippen LogP contribution in [0, 0.1) is 13.8 Å². The molecular weight excluding hydrogens is 408 g/mol. The highest BCUT2D eigenvalue weighted by Crippen LogP contribution is 2.22. The predicted octanol–water partition coefficient (Wildman–Crippen LogP) is 5.37. The zero-order valence-corrected chi connectivity index (χ0v) is 19.5. The van der Waals surface area contributed by atoms with E-state index in [9.17, 15) is 9.59 Å². The first-order valence-corrected chi connectivity index (χ1v) is 11.6. The molecule has 1 aliphatic carbocycles. The summed E-state index contributed by atoms with van der Waals surface area (Å²) in [5.74, 6) is -0.159. The van der Waals surface area contributed by atoms with Gasteiger partial charge in [0.2, 0.25) is 11.8 Å². The number of carbonyl (C=O) groups excluding carboxylic acids is 2. The van der Waals surface area contributed by atoms with Gasteiger partial charge in [-0.15, -0.1) is 0 Å². The summed E-state index contributed by atoms with van der Waals surface area (Å²) < 4.78 is 0. The molecular formula is C26H33ClN2O2. The van der Waals surface area contributed by atoms with E-state index in [1.165, 1.54) is 6.42 Å². The average Bonchev–Trinajstić information content (AvgIpc) is 2.76. The Labute approximate surface area is 191 Å². The lowest BCUT2D eigenvalue weighted by Crippen LogP contribution is -2.50. The molecule has 3 rings (SSSR count). The summed E-state index contributed by atoms with van der Waals surface area (Å²) in [7, 11) is 0. The summed E-state index contributed by atoms with van der Waals surface area (Å²) in [6, 6.07) is 13.3. The lowest BCUT2D eigenvalue weighted by atomic mass is 9.95. The zero-order valence-electron chi connectivity index (χ0n) is 18.8. The van der Waals surface area contributed by atoms with Gasteiger partial charge in [0.25, 0.3) is 0 Å². The molecule has 1 saturated carbocycles. The molecule has 1 aliphatic rings. The molecule has 166 valence electrons. The van der Waals surface area contributed by atoms with Crippen molar-refractivity contribution in [3.63, 3.8) is 0 Å². The van der Waals surface area contributed by atoms with Crippen LogP contribution in [-0.2, 0) is 22.6 Å². The number of halogens is 1. The fraction of sp³-hybridized carbons (Fsp3) is 0.462. The van der Waals surface area contributed by atoms with Crippen molar-refractivity contribution in [1.82, 2.24) is 10.2 Å². The second-order valence-corrected chi connectivity index (χ2v) is 9.15. The number of aryl methyl sites for hydroxylation is 2. The molecule has 0 radical (unpaired) electrons. The zero-order chi connectivity index (χ0) is 22.4. The number of rotatable bonds is 7. The molecule has 0 spiro atoms. The van der Waals surface area contributed by atoms with E-state index in [2.05, 4.69) is 5.32 Å². The quantitative estimate of drug-likeness (QED) is 0.629. The monoisotopic (exact) mass is 440 g/mol. The van der Waals surface area contributed by atoms with Crippen molar-refractivity contribution in [2.45, 2.75) is 77.9 Å². The molecule has 0 bridgehead atoms. The maximum atomic E-state index is 13.4. The molecule has 2 amide bonds. The van der Waals surface area contributed by atoms with Crippen molar-refractivity contribution in [1.29, 1.82) is 0 Å². The van der Waals surface area contributed by atoms with Crippen molar-refractivity contribution in [3.8, 4) is 0 Å². The third-order valence-corrected chi connectivity index (χ3v) is 6.63. The number of benzene rings is 2. The molecule has 31 heavy (non-hydrogen) atoms. The first kappa shape index (κ1) is 23.3. The van der Waals surface area contributed by atoms with E-state index in [0.29, 0.717) is 11.6 Å². The number of nitrogens with one attached hydrogen (secondary N) is 1. The van der Waals surface area contributed by atoms with Gasteiger partial charge in [0, 0.05) is 17.6 Å². The molecule has 4 nitrogen and oxygen atoms in total. The van der Waals surface area contributed by atoms with Crippen LogP contribution in [0.4, 0.5) is 0 Å². The fourth-order valence-electron chi connectivity index (χ4n) is 4.22. The summed E-state index contributed by atoms with van der Waals surface area (Å²) >= 11 is 6.38. The minimum atomic E-state index is -0.573. The Hall–Kier alpha value is -2.33. The Kier molecular flexibility index (Phi) is 8.14. The first-order valence-electron chi connectivity index (χ1n) is 11.2. The molecule has 1 atom stereocenters. The number of hydrogen-bond acceptors (Lipinski definition) is 2. The molecule has 0 aromatic heterocycles. The van der Waals surface area contributed by atoms with Crippen molar-refractivity contribution in [2.75, 3.05) is 0 Å². The smallest absolute Gasteiger partial charge is 0.242 e. The van der Waals surface area contributed by atoms with E-state index < -0.39 is 6.04 Å². The lowest BCUT2D eigenvalue weighted by molar-refractivity contribution is -0.140. The van der Waals surface area contributed by atoms with E-state index in [-0.39, 0.29) is 24.3 Å². The van der Waals surface area contributed by atoms with Gasteiger partial charge >= 0.3 is 0 Å². The second-order valence-electron chi connectivity index (χ2n) is 8.74. The van der Waals surface area contributed by atoms with Crippen LogP contribution >= 0.6 is 11.6 Å². The summed E-state index contributed by atoms with van der Waals surface area (Å²) in [6.07, 6.45) is 5.81. The number of hydrogen-bond donors (Lipinski definition) is 1. The van der Waals surface area contributed by atoms with Crippen molar-refractivity contribution in [2.24, 2.45) is 0 Å². The van der Waals surface area contributed by atoms with Crippen LogP contribution in [-0.4, -0.2) is 28.8 Å². The minimum absolute atomic E-state index is 0.0695. The van der Waals surface area contributed by atoms with Crippen molar-refractivity contribution in [3.05, 3.63) is 69.7 Å². The van der Waals surface area contributed by atoms with Gasteiger partial charge in [0.1, 0.15) is 6.04 Å². The van der Waals surface area contributed by atoms with Gasteiger partial charge in [0.15, 0.2) is 0 Å². The molecule has 2 aromatic rings. The molecule has 5 heteroatoms. The van der Waals surface area contributed by atoms with Gasteiger partial charge in [-0.3, -0.25) is 9.59 Å². The van der Waals surface area contributed by atoms with Gasteiger partial charge in [0.05, 0.1) is 6.42 Å². The summed E-state index contributed by atoms with van der Waals surface area (Å²) in [4.78, 5) is 28.2. The van der Waals surface area contributed by atoms with E-state index >= 15 is 0 Å². The summed E-state index contributed by atoms with van der Waals surface area (Å²) in [5, 5.41) is 3.78. The number of amides is 2. The van der Waals surface area contributed by atoms with E-state index in [0.717, 1.165) is 47.9 Å². The number of carbonyl (C=O) groups is 2. The highest BCUT2D eigenvalue weighted by molar-refractivity contribution is 6.31. The minimum Gasteiger partial charge on any atom is -0.352 e. The van der Waals surface area contributed by atoms with Gasteiger partial charge in [-0.1, -0.05) is 72.8 Å². The normalized spacial score (nSPS) is 15.4. The topological polar surface area (TPSA) is 49.4 Å². The summed E-state index contributed by atoms with van der Waals surface area (Å²) in [5.41, 5.74) is 4.04. The molecule has 2 aromatic carbocycles. The van der Waals surface area contributed by atoms with Crippen LogP contribution in [0.15, 0.2) is 42.5 Å². The Balaban J connectivity index is 1.80. The Morgan fingerprint density at radius 2 is 1.77 bits per heavy atom. The maximum absolute atomic E-state index is 13.4. The number of nitrogens with zero attached hydrogens (tertiary/aromatic N) is 1. The third kappa shape index (κ3) is 6.33. The van der Waals surface area contributed by atoms with Crippen LogP contribution in [0.1, 0.15) is 61.3 Å². The fourth-order valence-corrected chi connectivity index (χ4v) is 4.41. The van der Waals surface area contributed by atoms with Gasteiger partial charge in [-0.05, 0) is 56.4 Å². The van der Waals surface area contributed by atoms with E-state index in [1.807, 2.05) is 63.2 Å². The van der Waals surface area contributed by atoms with Crippen molar-refractivity contribution < 1.29 is 9.59 Å². The first-order chi connectivity index (χ1) is 14.8. The molecule has 0 unspecified atom stereocenters. The van der Waals surface area contributed by atoms with Crippen LogP contribution in [0.3, 0.4) is 0 Å². The van der Waals surface area contributed by atoms with Crippen molar-refractivity contribution >= 4 is 23.4 Å². The van der Waals surface area contributed by atoms with Gasteiger partial charge in [-0.2, -0.15) is 0 Å². The van der Waals surface area contributed by atoms with Gasteiger partial charge < -0.3 is 10.2 Å². The summed E-state index contributed by atoms with van der Waals surface area (Å²) in [6.45, 7) is 6.16. The van der Waals surface area contributed by atoms with Gasteiger partial charge in [-0.25, -0.2) is 0 Å². The molecule has 1 fully saturated rings. The highest BCUT2D eigenvalue weighted by Gasteiger charge is 2.28. The molecule has 0 saturated heterocycles. The SMILES string of the molecule is Cc1ccc(C)c(CC(=O)N(Cc2ccccc2Cl)[C@@H](C)C(=O)NC2CCCCC2)c1. The lowest BCUT2D eigenvalue weighted by Gasteiger charge is -2.31. The second kappa shape index (κ2) is 10.8.